The van der Waals surface area contributed by atoms with Crippen molar-refractivity contribution in [3.8, 4) is 5.75 Å². The molecular weight excluding hydrogens is 428 g/mol. The Morgan fingerprint density at radius 1 is 1.00 bits per heavy atom. The summed E-state index contributed by atoms with van der Waals surface area (Å²) in [7, 11) is -3.62. The number of piperazine rings is 1. The lowest BCUT2D eigenvalue weighted by atomic mass is 10.1. The minimum Gasteiger partial charge on any atom is -0.490 e. The first-order valence-corrected chi connectivity index (χ1v) is 11.6. The SMILES string of the molecule is CCOCCOc1ccccc1C(=O)N1CCN(S(=O)(=O)c2ccc(Cl)cc2)CC1. The average molecular weight is 453 g/mol. The molecule has 0 spiro atoms. The molecule has 0 aliphatic carbocycles. The van der Waals surface area contributed by atoms with E-state index in [1.54, 1.807) is 35.2 Å². The predicted molar refractivity (Wildman–Crippen MR) is 115 cm³/mol. The van der Waals surface area contributed by atoms with E-state index in [0.29, 0.717) is 49.2 Å². The van der Waals surface area contributed by atoms with E-state index in [1.807, 2.05) is 13.0 Å². The Morgan fingerprint density at radius 3 is 2.33 bits per heavy atom. The molecule has 0 radical (unpaired) electrons. The molecule has 2 aromatic rings. The average Bonchev–Trinajstić information content (AvgIpc) is 2.77. The zero-order valence-electron chi connectivity index (χ0n) is 16.8. The highest BCUT2D eigenvalue weighted by molar-refractivity contribution is 7.89. The Morgan fingerprint density at radius 2 is 1.67 bits per heavy atom. The Balaban J connectivity index is 1.64. The van der Waals surface area contributed by atoms with Crippen molar-refractivity contribution in [2.75, 3.05) is 46.0 Å². The van der Waals surface area contributed by atoms with Crippen molar-refractivity contribution < 1.29 is 22.7 Å². The molecule has 0 unspecified atom stereocenters. The van der Waals surface area contributed by atoms with E-state index in [0.717, 1.165) is 0 Å². The topological polar surface area (TPSA) is 76.2 Å². The standard InChI is InChI=1S/C21H25ClN2O5S/c1-2-28-15-16-29-20-6-4-3-5-19(20)21(25)23-11-13-24(14-12-23)30(26,27)18-9-7-17(22)8-10-18/h3-10H,2,11-16H2,1H3. The van der Waals surface area contributed by atoms with Gasteiger partial charge in [0.25, 0.3) is 5.91 Å². The zero-order chi connectivity index (χ0) is 21.6. The van der Waals surface area contributed by atoms with Crippen LogP contribution >= 0.6 is 11.6 Å². The van der Waals surface area contributed by atoms with Crippen LogP contribution in [0.5, 0.6) is 5.75 Å². The Bertz CT molecular complexity index is 958. The first-order valence-electron chi connectivity index (χ1n) is 9.78. The molecule has 2 aromatic carbocycles. The maximum absolute atomic E-state index is 13.0. The normalized spacial score (nSPS) is 15.2. The van der Waals surface area contributed by atoms with E-state index in [9.17, 15) is 13.2 Å². The van der Waals surface area contributed by atoms with Crippen LogP contribution in [0.2, 0.25) is 5.02 Å². The van der Waals surface area contributed by atoms with Crippen LogP contribution in [0.3, 0.4) is 0 Å². The van der Waals surface area contributed by atoms with Crippen LogP contribution in [0, 0.1) is 0 Å². The molecule has 1 heterocycles. The minimum absolute atomic E-state index is 0.175. The smallest absolute Gasteiger partial charge is 0.257 e. The lowest BCUT2D eigenvalue weighted by Gasteiger charge is -2.34. The number of hydrogen-bond acceptors (Lipinski definition) is 5. The van der Waals surface area contributed by atoms with Crippen LogP contribution in [0.4, 0.5) is 0 Å². The summed E-state index contributed by atoms with van der Waals surface area (Å²) in [5.74, 6) is 0.323. The van der Waals surface area contributed by atoms with Crippen LogP contribution in [0.15, 0.2) is 53.4 Å². The van der Waals surface area contributed by atoms with E-state index in [-0.39, 0.29) is 23.9 Å². The Kier molecular flexibility index (Phi) is 7.71. The molecule has 1 aliphatic heterocycles. The van der Waals surface area contributed by atoms with E-state index in [4.69, 9.17) is 21.1 Å². The van der Waals surface area contributed by atoms with Crippen LogP contribution in [-0.2, 0) is 14.8 Å². The Hall–Kier alpha value is -2.13. The lowest BCUT2D eigenvalue weighted by molar-refractivity contribution is 0.0688. The number of amides is 1. The van der Waals surface area contributed by atoms with Gasteiger partial charge >= 0.3 is 0 Å². The molecular formula is C21H25ClN2O5S. The third kappa shape index (κ3) is 5.31. The van der Waals surface area contributed by atoms with Gasteiger partial charge in [0, 0.05) is 37.8 Å². The number of carbonyl (C=O) groups excluding carboxylic acids is 1. The van der Waals surface area contributed by atoms with Gasteiger partial charge in [0.15, 0.2) is 0 Å². The zero-order valence-corrected chi connectivity index (χ0v) is 18.4. The molecule has 7 nitrogen and oxygen atoms in total. The molecule has 3 rings (SSSR count). The molecule has 1 amide bonds. The van der Waals surface area contributed by atoms with E-state index in [1.165, 1.54) is 16.4 Å². The fourth-order valence-corrected chi connectivity index (χ4v) is 4.73. The maximum Gasteiger partial charge on any atom is 0.257 e. The van der Waals surface area contributed by atoms with Crippen molar-refractivity contribution in [2.45, 2.75) is 11.8 Å². The third-order valence-electron chi connectivity index (χ3n) is 4.78. The summed E-state index contributed by atoms with van der Waals surface area (Å²) < 4.78 is 38.0. The largest absolute Gasteiger partial charge is 0.490 e. The maximum atomic E-state index is 13.0. The van der Waals surface area contributed by atoms with Gasteiger partial charge in [0.05, 0.1) is 17.1 Å². The molecule has 0 N–H and O–H groups in total. The minimum atomic E-state index is -3.62. The van der Waals surface area contributed by atoms with E-state index < -0.39 is 10.0 Å². The number of para-hydroxylation sites is 1. The van der Waals surface area contributed by atoms with Crippen molar-refractivity contribution in [1.29, 1.82) is 0 Å². The summed E-state index contributed by atoms with van der Waals surface area (Å²) in [6.45, 7) is 4.37. The molecule has 9 heteroatoms. The predicted octanol–water partition coefficient (Wildman–Crippen LogP) is 2.90. The quantitative estimate of drug-likeness (QED) is 0.575. The lowest BCUT2D eigenvalue weighted by Crippen LogP contribution is -2.50. The van der Waals surface area contributed by atoms with Crippen molar-refractivity contribution in [3.63, 3.8) is 0 Å². The number of nitrogens with zero attached hydrogens (tertiary/aromatic N) is 2. The van der Waals surface area contributed by atoms with Gasteiger partial charge in [-0.2, -0.15) is 4.31 Å². The second-order valence-corrected chi connectivity index (χ2v) is 9.07. The second kappa shape index (κ2) is 10.3. The van der Waals surface area contributed by atoms with Gasteiger partial charge in [-0.25, -0.2) is 8.42 Å². The van der Waals surface area contributed by atoms with Gasteiger partial charge in [0.2, 0.25) is 10.0 Å². The highest BCUT2D eigenvalue weighted by Crippen LogP contribution is 2.23. The van der Waals surface area contributed by atoms with Crippen LogP contribution in [-0.4, -0.2) is 69.5 Å². The summed E-state index contributed by atoms with van der Waals surface area (Å²) >= 11 is 5.85. The van der Waals surface area contributed by atoms with Gasteiger partial charge in [-0.05, 0) is 43.3 Å². The second-order valence-electron chi connectivity index (χ2n) is 6.69. The van der Waals surface area contributed by atoms with Crippen LogP contribution in [0.25, 0.3) is 0 Å². The molecule has 30 heavy (non-hydrogen) atoms. The summed E-state index contributed by atoms with van der Waals surface area (Å²) in [5.41, 5.74) is 0.461. The first-order chi connectivity index (χ1) is 14.4. The molecule has 0 bridgehead atoms. The number of hydrogen-bond donors (Lipinski definition) is 0. The third-order valence-corrected chi connectivity index (χ3v) is 6.95. The Labute approximate surface area is 182 Å². The highest BCUT2D eigenvalue weighted by atomic mass is 35.5. The first kappa shape index (κ1) is 22.6. The summed E-state index contributed by atoms with van der Waals surface area (Å²) in [6, 6.07) is 13.1. The van der Waals surface area contributed by atoms with Crippen molar-refractivity contribution in [1.82, 2.24) is 9.21 Å². The highest BCUT2D eigenvalue weighted by Gasteiger charge is 2.31. The number of benzene rings is 2. The van der Waals surface area contributed by atoms with Gasteiger partial charge in [-0.3, -0.25) is 4.79 Å². The van der Waals surface area contributed by atoms with Crippen molar-refractivity contribution in [3.05, 3.63) is 59.1 Å². The van der Waals surface area contributed by atoms with Crippen LogP contribution < -0.4 is 4.74 Å². The fraction of sp³-hybridized carbons (Fsp3) is 0.381. The monoisotopic (exact) mass is 452 g/mol. The van der Waals surface area contributed by atoms with Crippen LogP contribution in [0.1, 0.15) is 17.3 Å². The number of ether oxygens (including phenoxy) is 2. The molecule has 162 valence electrons. The number of halogens is 1. The van der Waals surface area contributed by atoms with Crippen molar-refractivity contribution >= 4 is 27.5 Å². The van der Waals surface area contributed by atoms with Crippen molar-refractivity contribution in [2.24, 2.45) is 0 Å². The molecule has 0 aromatic heterocycles. The molecule has 1 fully saturated rings. The summed E-state index contributed by atoms with van der Waals surface area (Å²) in [5, 5.41) is 0.478. The molecule has 0 saturated carbocycles. The van der Waals surface area contributed by atoms with E-state index >= 15 is 0 Å². The number of sulfonamides is 1. The number of carbonyl (C=O) groups is 1. The van der Waals surface area contributed by atoms with Gasteiger partial charge < -0.3 is 14.4 Å². The molecule has 1 aliphatic rings. The fourth-order valence-electron chi connectivity index (χ4n) is 3.18. The summed E-state index contributed by atoms with van der Waals surface area (Å²) in [4.78, 5) is 14.9. The summed E-state index contributed by atoms with van der Waals surface area (Å²) in [6.07, 6.45) is 0. The van der Waals surface area contributed by atoms with Gasteiger partial charge in [-0.15, -0.1) is 0 Å². The van der Waals surface area contributed by atoms with Gasteiger partial charge in [0.1, 0.15) is 12.4 Å². The van der Waals surface area contributed by atoms with E-state index in [2.05, 4.69) is 0 Å². The number of rotatable bonds is 8. The van der Waals surface area contributed by atoms with Gasteiger partial charge in [-0.1, -0.05) is 23.7 Å². The molecule has 0 atom stereocenters. The molecule has 1 saturated heterocycles.